The molecule has 1 aromatic heterocycles. The molecule has 0 saturated carbocycles. The summed E-state index contributed by atoms with van der Waals surface area (Å²) in [6.07, 6.45) is 2.00. The third kappa shape index (κ3) is 7.24. The number of nitrogens with one attached hydrogen (secondary N) is 2. The highest BCUT2D eigenvalue weighted by molar-refractivity contribution is 5.47. The van der Waals surface area contributed by atoms with Crippen molar-refractivity contribution >= 4 is 11.6 Å². The summed E-state index contributed by atoms with van der Waals surface area (Å²) in [4.78, 5) is 8.86. The number of hydrogen-bond acceptors (Lipinski definition) is 6. The first kappa shape index (κ1) is 17.7. The highest BCUT2D eigenvalue weighted by Gasteiger charge is 2.05. The number of aliphatic hydroxyl groups excluding tert-OH is 1. The van der Waals surface area contributed by atoms with Crippen molar-refractivity contribution in [3.8, 4) is 0 Å². The fourth-order valence-electron chi connectivity index (χ4n) is 1.88. The SMILES string of the molecule is CCNc1cc(NCCCC(C)CO)nc(COCC)n1. The van der Waals surface area contributed by atoms with Gasteiger partial charge in [-0.2, -0.15) is 0 Å². The molecule has 1 atom stereocenters. The molecule has 0 radical (unpaired) electrons. The number of anilines is 2. The number of rotatable bonds is 11. The van der Waals surface area contributed by atoms with Crippen molar-refractivity contribution < 1.29 is 9.84 Å². The van der Waals surface area contributed by atoms with Crippen LogP contribution in [-0.2, 0) is 11.3 Å². The lowest BCUT2D eigenvalue weighted by molar-refractivity contribution is 0.128. The third-order valence-corrected chi connectivity index (χ3v) is 3.06. The molecule has 0 amide bonds. The highest BCUT2D eigenvalue weighted by atomic mass is 16.5. The van der Waals surface area contributed by atoms with Crippen LogP contribution in [0.3, 0.4) is 0 Å². The molecule has 0 spiro atoms. The van der Waals surface area contributed by atoms with E-state index >= 15 is 0 Å². The molecule has 0 aliphatic rings. The van der Waals surface area contributed by atoms with Gasteiger partial charge in [0.15, 0.2) is 5.82 Å². The summed E-state index contributed by atoms with van der Waals surface area (Å²) >= 11 is 0. The molecule has 0 aliphatic carbocycles. The van der Waals surface area contributed by atoms with Crippen LogP contribution in [0.1, 0.15) is 39.4 Å². The van der Waals surface area contributed by atoms with Crippen molar-refractivity contribution in [2.45, 2.75) is 40.2 Å². The zero-order valence-electron chi connectivity index (χ0n) is 13.4. The Kier molecular flexibility index (Phi) is 8.69. The van der Waals surface area contributed by atoms with Crippen molar-refractivity contribution in [1.29, 1.82) is 0 Å². The number of hydrogen-bond donors (Lipinski definition) is 3. The molecule has 1 unspecified atom stereocenters. The maximum absolute atomic E-state index is 9.00. The molecule has 0 fully saturated rings. The van der Waals surface area contributed by atoms with Gasteiger partial charge in [0.1, 0.15) is 18.2 Å². The van der Waals surface area contributed by atoms with Crippen molar-refractivity contribution in [3.05, 3.63) is 11.9 Å². The molecule has 0 saturated heterocycles. The van der Waals surface area contributed by atoms with E-state index in [1.165, 1.54) is 0 Å². The fraction of sp³-hybridized carbons (Fsp3) is 0.733. The Hall–Kier alpha value is -1.40. The number of nitrogens with zero attached hydrogens (tertiary/aromatic N) is 2. The monoisotopic (exact) mass is 296 g/mol. The zero-order chi connectivity index (χ0) is 15.5. The molecule has 1 rings (SSSR count). The van der Waals surface area contributed by atoms with E-state index in [1.807, 2.05) is 26.8 Å². The van der Waals surface area contributed by atoms with Gasteiger partial charge in [-0.1, -0.05) is 6.92 Å². The molecule has 6 heteroatoms. The Morgan fingerprint density at radius 1 is 1.24 bits per heavy atom. The summed E-state index contributed by atoms with van der Waals surface area (Å²) in [6, 6.07) is 1.91. The van der Waals surface area contributed by atoms with Gasteiger partial charge in [0, 0.05) is 32.4 Å². The number of ether oxygens (including phenoxy) is 1. The first-order chi connectivity index (χ1) is 10.2. The molecule has 0 bridgehead atoms. The van der Waals surface area contributed by atoms with Crippen LogP contribution < -0.4 is 10.6 Å². The first-order valence-corrected chi connectivity index (χ1v) is 7.73. The van der Waals surface area contributed by atoms with Crippen LogP contribution in [0.15, 0.2) is 6.07 Å². The minimum absolute atomic E-state index is 0.247. The quantitative estimate of drug-likeness (QED) is 0.544. The Morgan fingerprint density at radius 3 is 2.57 bits per heavy atom. The summed E-state index contributed by atoms with van der Waals surface area (Å²) in [7, 11) is 0. The van der Waals surface area contributed by atoms with Gasteiger partial charge in [-0.3, -0.25) is 0 Å². The molecule has 120 valence electrons. The number of aliphatic hydroxyl groups is 1. The Labute approximate surface area is 127 Å². The van der Waals surface area contributed by atoms with Crippen molar-refractivity contribution in [2.75, 3.05) is 36.9 Å². The summed E-state index contributed by atoms with van der Waals surface area (Å²) in [5.41, 5.74) is 0. The predicted molar refractivity (Wildman–Crippen MR) is 85.5 cm³/mol. The third-order valence-electron chi connectivity index (χ3n) is 3.06. The second-order valence-electron chi connectivity index (χ2n) is 5.08. The van der Waals surface area contributed by atoms with E-state index in [0.717, 1.165) is 37.6 Å². The van der Waals surface area contributed by atoms with Crippen molar-refractivity contribution in [2.24, 2.45) is 5.92 Å². The van der Waals surface area contributed by atoms with Gasteiger partial charge < -0.3 is 20.5 Å². The van der Waals surface area contributed by atoms with E-state index in [9.17, 15) is 0 Å². The van der Waals surface area contributed by atoms with Crippen molar-refractivity contribution in [1.82, 2.24) is 9.97 Å². The molecule has 0 aromatic carbocycles. The van der Waals surface area contributed by atoms with Gasteiger partial charge in [0.25, 0.3) is 0 Å². The summed E-state index contributed by atoms with van der Waals surface area (Å²) in [6.45, 7) is 9.01. The fourth-order valence-corrected chi connectivity index (χ4v) is 1.88. The molecule has 1 heterocycles. The van der Waals surface area contributed by atoms with Crippen molar-refractivity contribution in [3.63, 3.8) is 0 Å². The van der Waals surface area contributed by atoms with Crippen LogP contribution in [0.5, 0.6) is 0 Å². The lowest BCUT2D eigenvalue weighted by Crippen LogP contribution is -2.11. The van der Waals surface area contributed by atoms with Gasteiger partial charge in [0.05, 0.1) is 0 Å². The molecule has 21 heavy (non-hydrogen) atoms. The van der Waals surface area contributed by atoms with Crippen LogP contribution >= 0.6 is 0 Å². The van der Waals surface area contributed by atoms with Crippen LogP contribution in [-0.4, -0.2) is 41.4 Å². The topological polar surface area (TPSA) is 79.3 Å². The van der Waals surface area contributed by atoms with E-state index in [-0.39, 0.29) is 6.61 Å². The summed E-state index contributed by atoms with van der Waals surface area (Å²) in [5.74, 6) is 2.66. The largest absolute Gasteiger partial charge is 0.396 e. The molecule has 6 nitrogen and oxygen atoms in total. The average Bonchev–Trinajstić information content (AvgIpc) is 2.49. The van der Waals surface area contributed by atoms with Crippen LogP contribution in [0.25, 0.3) is 0 Å². The lowest BCUT2D eigenvalue weighted by Gasteiger charge is -2.11. The predicted octanol–water partition coefficient (Wildman–Crippen LogP) is 2.27. The average molecular weight is 296 g/mol. The van der Waals surface area contributed by atoms with Crippen LogP contribution in [0.2, 0.25) is 0 Å². The Morgan fingerprint density at radius 2 is 1.95 bits per heavy atom. The maximum atomic E-state index is 9.00. The maximum Gasteiger partial charge on any atom is 0.158 e. The van der Waals surface area contributed by atoms with E-state index in [4.69, 9.17) is 9.84 Å². The van der Waals surface area contributed by atoms with E-state index in [2.05, 4.69) is 20.6 Å². The molecule has 0 aliphatic heterocycles. The molecule has 3 N–H and O–H groups in total. The first-order valence-electron chi connectivity index (χ1n) is 7.73. The minimum Gasteiger partial charge on any atom is -0.396 e. The van der Waals surface area contributed by atoms with Gasteiger partial charge in [-0.05, 0) is 32.6 Å². The second-order valence-corrected chi connectivity index (χ2v) is 5.08. The van der Waals surface area contributed by atoms with Gasteiger partial charge in [-0.15, -0.1) is 0 Å². The zero-order valence-corrected chi connectivity index (χ0v) is 13.4. The van der Waals surface area contributed by atoms with E-state index in [1.54, 1.807) is 0 Å². The summed E-state index contributed by atoms with van der Waals surface area (Å²) < 4.78 is 5.37. The van der Waals surface area contributed by atoms with Gasteiger partial charge in [0.2, 0.25) is 0 Å². The molecular formula is C15H28N4O2. The van der Waals surface area contributed by atoms with Crippen LogP contribution in [0.4, 0.5) is 11.6 Å². The van der Waals surface area contributed by atoms with E-state index < -0.39 is 0 Å². The summed E-state index contributed by atoms with van der Waals surface area (Å²) in [5, 5.41) is 15.5. The smallest absolute Gasteiger partial charge is 0.158 e. The van der Waals surface area contributed by atoms with Gasteiger partial charge >= 0.3 is 0 Å². The second kappa shape index (κ2) is 10.3. The normalized spacial score (nSPS) is 12.2. The van der Waals surface area contributed by atoms with Crippen LogP contribution in [0, 0.1) is 5.92 Å². The van der Waals surface area contributed by atoms with E-state index in [0.29, 0.717) is 25.0 Å². The number of aromatic nitrogens is 2. The minimum atomic E-state index is 0.247. The van der Waals surface area contributed by atoms with Gasteiger partial charge in [-0.25, -0.2) is 9.97 Å². The lowest BCUT2D eigenvalue weighted by atomic mass is 10.1. The Balaban J connectivity index is 2.55. The molecular weight excluding hydrogens is 268 g/mol. The molecule has 1 aromatic rings. The highest BCUT2D eigenvalue weighted by Crippen LogP contribution is 2.13. The standard InChI is InChI=1S/C15H28N4O2/c1-4-16-13-9-14(17-8-6-7-12(3)10-20)19-15(18-13)11-21-5-2/h9,12,20H,4-8,10-11H2,1-3H3,(H2,16,17,18,19). The Bertz CT molecular complexity index is 401.